The number of hydrogen-bond acceptors (Lipinski definition) is 9. The molecule has 1 atom stereocenters. The molecule has 1 unspecified atom stereocenters. The van der Waals surface area contributed by atoms with Crippen molar-refractivity contribution in [3.63, 3.8) is 0 Å². The minimum atomic E-state index is 0.105. The van der Waals surface area contributed by atoms with Gasteiger partial charge in [-0.3, -0.25) is 14.4 Å². The van der Waals surface area contributed by atoms with Crippen LogP contribution >= 0.6 is 0 Å². The molecule has 0 spiro atoms. The van der Waals surface area contributed by atoms with E-state index in [4.69, 9.17) is 17.2 Å². The number of aryl methyl sites for hydroxylation is 2. The number of rotatable bonds is 13. The minimum absolute atomic E-state index is 0.105. The number of anilines is 1. The summed E-state index contributed by atoms with van der Waals surface area (Å²) in [5.41, 5.74) is 26.7. The van der Waals surface area contributed by atoms with Crippen LogP contribution in [-0.2, 0) is 9.59 Å². The predicted molar refractivity (Wildman–Crippen MR) is 244 cm³/mol. The van der Waals surface area contributed by atoms with Crippen molar-refractivity contribution in [2.45, 2.75) is 77.7 Å². The van der Waals surface area contributed by atoms with E-state index in [1.165, 1.54) is 16.5 Å². The van der Waals surface area contributed by atoms with E-state index < -0.39 is 0 Å². The molecule has 3 amide bonds. The Kier molecular flexibility index (Phi) is 15.4. The maximum Gasteiger partial charge on any atom is 0.253 e. The largest absolute Gasteiger partial charge is 0.507 e. The molecular formula is C48H65N9O4. The molecule has 9 N–H and O–H groups in total. The molecule has 0 saturated carbocycles. The quantitative estimate of drug-likeness (QED) is 0.0524. The van der Waals surface area contributed by atoms with Crippen molar-refractivity contribution < 1.29 is 19.5 Å². The number of piperidine rings is 3. The van der Waals surface area contributed by atoms with Gasteiger partial charge in [0, 0.05) is 104 Å². The molecule has 0 radical (unpaired) electrons. The molecule has 61 heavy (non-hydrogen) atoms. The highest BCUT2D eigenvalue weighted by Crippen LogP contribution is 2.35. The number of carbonyl (C=O) groups is 3. The van der Waals surface area contributed by atoms with Crippen LogP contribution in [0.4, 0.5) is 5.69 Å². The zero-order chi connectivity index (χ0) is 43.5. The number of nitrogens with one attached hydrogen (secondary N) is 2. The molecule has 3 aromatic carbocycles. The average Bonchev–Trinajstić information content (AvgIpc) is 3.71. The fourth-order valence-electron chi connectivity index (χ4n) is 9.39. The molecule has 3 aliphatic rings. The van der Waals surface area contributed by atoms with Gasteiger partial charge in [0.25, 0.3) is 5.91 Å². The number of fused-ring (bicyclic) bond motifs is 1. The number of allylic oxidation sites excluding steroid dienone is 1. The van der Waals surface area contributed by atoms with Crippen LogP contribution in [0.15, 0.2) is 84.5 Å². The number of hydrogen-bond donors (Lipinski definition) is 6. The summed E-state index contributed by atoms with van der Waals surface area (Å²) in [6, 6.07) is 19.9. The summed E-state index contributed by atoms with van der Waals surface area (Å²) in [5, 5.41) is 16.8. The van der Waals surface area contributed by atoms with Crippen LogP contribution in [0.1, 0.15) is 96.4 Å². The Morgan fingerprint density at radius 3 is 2.28 bits per heavy atom. The molecule has 3 aliphatic heterocycles. The summed E-state index contributed by atoms with van der Waals surface area (Å²) >= 11 is 0. The minimum Gasteiger partial charge on any atom is -0.507 e. The lowest BCUT2D eigenvalue weighted by Crippen LogP contribution is -2.43. The lowest BCUT2D eigenvalue weighted by molar-refractivity contribution is -0.109. The van der Waals surface area contributed by atoms with Crippen molar-refractivity contribution >= 4 is 41.0 Å². The predicted octanol–water partition coefficient (Wildman–Crippen LogP) is 6.13. The molecule has 7 rings (SSSR count). The Labute approximate surface area is 360 Å². The van der Waals surface area contributed by atoms with Crippen molar-refractivity contribution in [2.75, 3.05) is 57.7 Å². The Morgan fingerprint density at radius 2 is 1.62 bits per heavy atom. The number of likely N-dealkylation sites (tertiary alicyclic amines) is 3. The van der Waals surface area contributed by atoms with Gasteiger partial charge in [-0.2, -0.15) is 0 Å². The monoisotopic (exact) mass is 832 g/mol. The summed E-state index contributed by atoms with van der Waals surface area (Å²) in [5.74, 6) is 1.26. The normalized spacial score (nSPS) is 18.0. The van der Waals surface area contributed by atoms with Gasteiger partial charge in [-0.15, -0.1) is 0 Å². The van der Waals surface area contributed by atoms with E-state index in [1.807, 2.05) is 30.0 Å². The third-order valence-corrected chi connectivity index (χ3v) is 12.8. The van der Waals surface area contributed by atoms with E-state index in [9.17, 15) is 19.5 Å². The maximum absolute atomic E-state index is 13.7. The van der Waals surface area contributed by atoms with E-state index in [0.717, 1.165) is 126 Å². The van der Waals surface area contributed by atoms with Gasteiger partial charge in [0.1, 0.15) is 11.6 Å². The third kappa shape index (κ3) is 10.9. The molecule has 0 aliphatic carbocycles. The number of aromatic nitrogens is 1. The van der Waals surface area contributed by atoms with Gasteiger partial charge < -0.3 is 52.2 Å². The zero-order valence-corrected chi connectivity index (χ0v) is 36.1. The Morgan fingerprint density at radius 1 is 0.869 bits per heavy atom. The van der Waals surface area contributed by atoms with Gasteiger partial charge in [0.05, 0.1) is 5.70 Å². The fourth-order valence-corrected chi connectivity index (χ4v) is 9.39. The van der Waals surface area contributed by atoms with Gasteiger partial charge in [0.2, 0.25) is 12.8 Å². The maximum atomic E-state index is 13.7. The fraction of sp³-hybridized carbons (Fsp3) is 0.438. The molecule has 4 heterocycles. The zero-order valence-electron chi connectivity index (χ0n) is 36.1. The van der Waals surface area contributed by atoms with Gasteiger partial charge >= 0.3 is 0 Å². The number of carbonyl (C=O) groups excluding carboxylic acids is 3. The van der Waals surface area contributed by atoms with Crippen LogP contribution in [-0.4, -0.2) is 95.5 Å². The molecule has 1 aromatic heterocycles. The number of aromatic hydroxyl groups is 1. The first kappa shape index (κ1) is 44.6. The smallest absolute Gasteiger partial charge is 0.253 e. The summed E-state index contributed by atoms with van der Waals surface area (Å²) in [4.78, 5) is 41.0. The summed E-state index contributed by atoms with van der Waals surface area (Å²) < 4.78 is 2.42. The van der Waals surface area contributed by atoms with Crippen molar-refractivity contribution in [1.29, 1.82) is 0 Å². The molecule has 326 valence electrons. The number of phenols is 1. The van der Waals surface area contributed by atoms with Crippen molar-refractivity contribution in [3.05, 3.63) is 112 Å². The number of phenolic OH excluding ortho intramolecular Hbond substituents is 1. The second kappa shape index (κ2) is 21.0. The van der Waals surface area contributed by atoms with Crippen LogP contribution in [0.5, 0.6) is 5.75 Å². The Bertz CT molecular complexity index is 2190. The van der Waals surface area contributed by atoms with Crippen LogP contribution < -0.4 is 27.8 Å². The third-order valence-electron chi connectivity index (χ3n) is 12.8. The first-order valence-corrected chi connectivity index (χ1v) is 21.9. The SMILES string of the molecule is CCCNC=O.Cc1cc(C(=O)N2CCC(CN3CCC(n4ccc5c(C)c(NC=O)ccc54)CC3)CC2)ccc1C1CCCN(C(/C=C(\N)c2ccccc2O)=C(N)N)C1. The van der Waals surface area contributed by atoms with E-state index in [0.29, 0.717) is 35.3 Å². The number of para-hydroxylation sites is 1. The van der Waals surface area contributed by atoms with Gasteiger partial charge in [-0.1, -0.05) is 25.1 Å². The highest BCUT2D eigenvalue weighted by atomic mass is 16.3. The highest BCUT2D eigenvalue weighted by molar-refractivity contribution is 5.94. The van der Waals surface area contributed by atoms with Gasteiger partial charge in [-0.05, 0) is 130 Å². The summed E-state index contributed by atoms with van der Waals surface area (Å²) in [6.45, 7) is 13.3. The van der Waals surface area contributed by atoms with E-state index >= 15 is 0 Å². The molecule has 3 saturated heterocycles. The van der Waals surface area contributed by atoms with Crippen LogP contribution in [0.25, 0.3) is 16.6 Å². The van der Waals surface area contributed by atoms with E-state index in [1.54, 1.807) is 24.3 Å². The number of benzene rings is 3. The van der Waals surface area contributed by atoms with E-state index in [-0.39, 0.29) is 23.4 Å². The average molecular weight is 832 g/mol. The number of nitrogens with two attached hydrogens (primary N) is 3. The lowest BCUT2D eigenvalue weighted by Gasteiger charge is -2.38. The molecular weight excluding hydrogens is 767 g/mol. The first-order chi connectivity index (χ1) is 29.5. The van der Waals surface area contributed by atoms with Gasteiger partial charge in [-0.25, -0.2) is 0 Å². The second-order valence-electron chi connectivity index (χ2n) is 16.8. The summed E-state index contributed by atoms with van der Waals surface area (Å²) in [6.07, 6.45) is 12.7. The second-order valence-corrected chi connectivity index (χ2v) is 16.8. The molecule has 3 fully saturated rings. The van der Waals surface area contributed by atoms with Crippen molar-refractivity contribution in [2.24, 2.45) is 23.1 Å². The highest BCUT2D eigenvalue weighted by Gasteiger charge is 2.29. The Balaban J connectivity index is 0.000000967. The number of amides is 3. The summed E-state index contributed by atoms with van der Waals surface area (Å²) in [7, 11) is 0. The number of nitrogens with zero attached hydrogens (tertiary/aromatic N) is 4. The molecule has 13 nitrogen and oxygen atoms in total. The standard InChI is InChI=1S/C44H56N8O3.C4H9NO/c1-29-24-32(9-10-35(29)33-6-5-18-51(27-33)41(43(46)47)25-38(45)37-7-3-4-8-42(37)54)44(55)50-21-13-31(14-22-50)26-49-19-15-34(16-20-49)52-23-17-36-30(2)39(48-28-53)11-12-40(36)52;1-2-3-5-4-6/h3-4,7-12,17,23-25,28,31,33-34,54H,5-6,13-16,18-22,26-27,45-47H2,1-2H3,(H,48,53);4H,2-3H2,1H3,(H,5,6)/b38-25-;. The van der Waals surface area contributed by atoms with E-state index in [2.05, 4.69) is 69.3 Å². The van der Waals surface area contributed by atoms with Crippen LogP contribution in [0, 0.1) is 19.8 Å². The van der Waals surface area contributed by atoms with Crippen molar-refractivity contribution in [3.8, 4) is 5.75 Å². The van der Waals surface area contributed by atoms with Gasteiger partial charge in [0.15, 0.2) is 0 Å². The molecule has 0 bridgehead atoms. The molecule has 4 aromatic rings. The van der Waals surface area contributed by atoms with Crippen molar-refractivity contribution in [1.82, 2.24) is 24.6 Å². The lowest BCUT2D eigenvalue weighted by atomic mass is 9.86. The van der Waals surface area contributed by atoms with Crippen LogP contribution in [0.2, 0.25) is 0 Å². The first-order valence-electron chi connectivity index (χ1n) is 21.9. The van der Waals surface area contributed by atoms with Crippen LogP contribution in [0.3, 0.4) is 0 Å². The Hall–Kier alpha value is -5.95. The topological polar surface area (TPSA) is 188 Å². The molecule has 13 heteroatoms.